The molecule has 54 heavy (non-hydrogen) atoms. The lowest BCUT2D eigenvalue weighted by Gasteiger charge is -2.48. The van der Waals surface area contributed by atoms with Crippen LogP contribution in [0.2, 0.25) is 0 Å². The van der Waals surface area contributed by atoms with Crippen LogP contribution in [0.1, 0.15) is 108 Å². The number of aliphatic hydroxyl groups excluding tert-OH is 3. The Morgan fingerprint density at radius 3 is 2.20 bits per heavy atom. The standard InChI is InChI=1S/C39H70N2O13/c1-14-27-39(11,47)31(43)21(5)26(42)15-16-37(9,46)33(54-35-30-25(17-20(4)49-35)41(12)36(53-30)40-19(2)3)22(6)29(23(7)34(45)51-27)52-28-18-38(10,48-13)32(44)24(8)50-28/h19-33,35,42-44,46-47H,14-18H2,1-13H3/t20-,21+,22+,23-,24+,25+,26+,27-,28+,29?,30-,31-,32+,33-,35+,37-,38-,39-/m1/s1. The second kappa shape index (κ2) is 17.5. The number of amidine groups is 1. The third-order valence-corrected chi connectivity index (χ3v) is 12.5. The van der Waals surface area contributed by atoms with Gasteiger partial charge in [0, 0.05) is 38.5 Å². The van der Waals surface area contributed by atoms with Gasteiger partial charge in [0.25, 0.3) is 6.02 Å². The molecule has 15 heteroatoms. The smallest absolute Gasteiger partial charge is 0.311 e. The predicted molar refractivity (Wildman–Crippen MR) is 198 cm³/mol. The molecule has 5 N–H and O–H groups in total. The average molecular weight is 775 g/mol. The third kappa shape index (κ3) is 9.37. The fourth-order valence-corrected chi connectivity index (χ4v) is 8.73. The van der Waals surface area contributed by atoms with E-state index in [0.717, 1.165) is 0 Å². The first-order valence-electron chi connectivity index (χ1n) is 19.8. The van der Waals surface area contributed by atoms with Crippen molar-refractivity contribution < 1.29 is 63.5 Å². The highest BCUT2D eigenvalue weighted by molar-refractivity contribution is 5.76. The van der Waals surface area contributed by atoms with Gasteiger partial charge in [-0.25, -0.2) is 4.99 Å². The van der Waals surface area contributed by atoms with E-state index in [9.17, 15) is 30.3 Å². The number of rotatable bonds is 7. The van der Waals surface area contributed by atoms with E-state index in [0.29, 0.717) is 12.4 Å². The summed E-state index contributed by atoms with van der Waals surface area (Å²) >= 11 is 0. The minimum Gasteiger partial charge on any atom is -0.459 e. The van der Waals surface area contributed by atoms with Crippen LogP contribution in [-0.2, 0) is 38.0 Å². The maximum absolute atomic E-state index is 14.2. The first-order valence-corrected chi connectivity index (χ1v) is 19.8. The van der Waals surface area contributed by atoms with Gasteiger partial charge in [0.1, 0.15) is 17.8 Å². The highest BCUT2D eigenvalue weighted by Crippen LogP contribution is 2.41. The zero-order valence-corrected chi connectivity index (χ0v) is 34.7. The van der Waals surface area contributed by atoms with Gasteiger partial charge >= 0.3 is 5.97 Å². The Morgan fingerprint density at radius 2 is 1.61 bits per heavy atom. The summed E-state index contributed by atoms with van der Waals surface area (Å²) < 4.78 is 44.2. The average Bonchev–Trinajstić information content (AvgIpc) is 3.41. The van der Waals surface area contributed by atoms with Crippen molar-refractivity contribution in [2.24, 2.45) is 22.7 Å². The van der Waals surface area contributed by atoms with Crippen molar-refractivity contribution in [1.82, 2.24) is 4.90 Å². The Hall–Kier alpha value is -1.66. The summed E-state index contributed by atoms with van der Waals surface area (Å²) in [6.45, 7) is 19.1. The molecule has 0 aliphatic carbocycles. The largest absolute Gasteiger partial charge is 0.459 e. The fourth-order valence-electron chi connectivity index (χ4n) is 8.73. The second-order valence-corrected chi connectivity index (χ2v) is 17.4. The molecule has 4 rings (SSSR count). The number of hydrogen-bond acceptors (Lipinski definition) is 14. The normalized spacial score (nSPS) is 49.3. The zero-order valence-electron chi connectivity index (χ0n) is 34.7. The number of methoxy groups -OCH3 is 1. The SMILES string of the molecule is CC[C@H]1OC(=O)[C@H](C)C(O[C@H]2C[C@@](C)(OC)[C@@H](O)[C@H](C)O2)[C@H](C)[C@@H](O[C@@H]2O[C@H](C)C[C@H]3[C@H]2OC(=NC(C)C)N3C)[C@](C)(O)CC[C@H](O)[C@H](C)[C@@H](O)[C@]1(C)O. The topological polar surface area (TPSA) is 198 Å². The molecule has 4 heterocycles. The molecule has 4 saturated heterocycles. The molecule has 314 valence electrons. The number of nitrogens with zero attached hydrogens (tertiary/aromatic N) is 2. The Labute approximate surface area is 321 Å². The van der Waals surface area contributed by atoms with Crippen LogP contribution in [0.4, 0.5) is 0 Å². The molecular weight excluding hydrogens is 704 g/mol. The zero-order chi connectivity index (χ0) is 40.7. The maximum Gasteiger partial charge on any atom is 0.311 e. The van der Waals surface area contributed by atoms with E-state index in [-0.39, 0.29) is 43.9 Å². The van der Waals surface area contributed by atoms with Crippen LogP contribution in [0.3, 0.4) is 0 Å². The van der Waals surface area contributed by atoms with Gasteiger partial charge in [0.2, 0.25) is 0 Å². The van der Waals surface area contributed by atoms with Gasteiger partial charge in [-0.1, -0.05) is 20.8 Å². The summed E-state index contributed by atoms with van der Waals surface area (Å²) in [6.07, 6.45) is -9.28. The molecule has 0 amide bonds. The van der Waals surface area contributed by atoms with E-state index in [2.05, 4.69) is 4.99 Å². The Kier molecular flexibility index (Phi) is 14.6. The molecule has 4 aliphatic rings. The van der Waals surface area contributed by atoms with E-state index in [1.54, 1.807) is 41.5 Å². The molecule has 0 aromatic rings. The van der Waals surface area contributed by atoms with Crippen molar-refractivity contribution in [1.29, 1.82) is 0 Å². The van der Waals surface area contributed by atoms with E-state index < -0.39 is 102 Å². The molecule has 18 atom stereocenters. The van der Waals surface area contributed by atoms with Crippen LogP contribution in [0, 0.1) is 17.8 Å². The number of likely N-dealkylation sites (N-methyl/N-ethyl adjacent to an activating group) is 1. The van der Waals surface area contributed by atoms with Crippen molar-refractivity contribution >= 4 is 12.0 Å². The summed E-state index contributed by atoms with van der Waals surface area (Å²) in [4.78, 5) is 20.8. The molecule has 4 aliphatic heterocycles. The molecule has 0 radical (unpaired) electrons. The summed E-state index contributed by atoms with van der Waals surface area (Å²) in [7, 11) is 3.43. The van der Waals surface area contributed by atoms with Crippen LogP contribution in [-0.4, -0.2) is 153 Å². The lowest BCUT2D eigenvalue weighted by Crippen LogP contribution is -2.60. The van der Waals surface area contributed by atoms with Crippen LogP contribution in [0.15, 0.2) is 4.99 Å². The van der Waals surface area contributed by atoms with Crippen LogP contribution in [0.5, 0.6) is 0 Å². The van der Waals surface area contributed by atoms with Crippen molar-refractivity contribution in [3.8, 4) is 0 Å². The molecule has 15 nitrogen and oxygen atoms in total. The third-order valence-electron chi connectivity index (χ3n) is 12.5. The predicted octanol–water partition coefficient (Wildman–Crippen LogP) is 2.50. The number of aliphatic hydroxyl groups is 5. The maximum atomic E-state index is 14.2. The summed E-state index contributed by atoms with van der Waals surface area (Å²) in [6, 6.07) is 0.321. The lowest BCUT2D eigenvalue weighted by atomic mass is 9.76. The lowest BCUT2D eigenvalue weighted by molar-refractivity contribution is -0.313. The summed E-state index contributed by atoms with van der Waals surface area (Å²) in [5.41, 5.74) is -4.62. The minimum absolute atomic E-state index is 0.00716. The number of hydrogen-bond donors (Lipinski definition) is 5. The number of ether oxygens (including phenoxy) is 7. The van der Waals surface area contributed by atoms with Crippen LogP contribution >= 0.6 is 0 Å². The number of carbonyl (C=O) groups excluding carboxylic acids is 1. The highest BCUT2D eigenvalue weighted by Gasteiger charge is 2.55. The molecule has 0 aromatic heterocycles. The van der Waals surface area contributed by atoms with Gasteiger partial charge in [-0.3, -0.25) is 4.79 Å². The molecule has 4 fully saturated rings. The van der Waals surface area contributed by atoms with E-state index in [4.69, 9.17) is 33.2 Å². The second-order valence-electron chi connectivity index (χ2n) is 17.4. The molecule has 0 spiro atoms. The van der Waals surface area contributed by atoms with Crippen molar-refractivity contribution in [2.45, 2.75) is 205 Å². The van der Waals surface area contributed by atoms with Gasteiger partial charge in [-0.2, -0.15) is 0 Å². The number of fused-ring (bicyclic) bond motifs is 1. The van der Waals surface area contributed by atoms with Gasteiger partial charge in [0.05, 0.1) is 59.8 Å². The minimum atomic E-state index is -1.92. The molecule has 0 bridgehead atoms. The van der Waals surface area contributed by atoms with Crippen LogP contribution < -0.4 is 0 Å². The monoisotopic (exact) mass is 774 g/mol. The van der Waals surface area contributed by atoms with E-state index >= 15 is 0 Å². The van der Waals surface area contributed by atoms with E-state index in [1.165, 1.54) is 14.0 Å². The molecule has 1 unspecified atom stereocenters. The van der Waals surface area contributed by atoms with Gasteiger partial charge in [0.15, 0.2) is 18.7 Å². The summed E-state index contributed by atoms with van der Waals surface area (Å²) in [5.74, 6) is -3.36. The summed E-state index contributed by atoms with van der Waals surface area (Å²) in [5, 5.41) is 57.7. The van der Waals surface area contributed by atoms with Crippen molar-refractivity contribution in [3.05, 3.63) is 0 Å². The highest BCUT2D eigenvalue weighted by atomic mass is 16.7. The Bertz CT molecular complexity index is 1280. The Morgan fingerprint density at radius 1 is 0.963 bits per heavy atom. The number of aliphatic imine (C=N–C) groups is 1. The first kappa shape index (κ1) is 45.0. The van der Waals surface area contributed by atoms with Gasteiger partial charge < -0.3 is 63.6 Å². The molecule has 0 saturated carbocycles. The van der Waals surface area contributed by atoms with Crippen molar-refractivity contribution in [2.75, 3.05) is 14.2 Å². The van der Waals surface area contributed by atoms with E-state index in [1.807, 2.05) is 39.6 Å². The van der Waals surface area contributed by atoms with Gasteiger partial charge in [-0.15, -0.1) is 0 Å². The molecule has 0 aromatic carbocycles. The number of carbonyl (C=O) groups is 1. The fraction of sp³-hybridized carbons (Fsp3) is 0.949. The Balaban J connectivity index is 1.80. The van der Waals surface area contributed by atoms with Crippen LogP contribution in [0.25, 0.3) is 0 Å². The first-order chi connectivity index (χ1) is 25.0. The van der Waals surface area contributed by atoms with Crippen molar-refractivity contribution in [3.63, 3.8) is 0 Å². The molecular formula is C39H70N2O13. The van der Waals surface area contributed by atoms with Gasteiger partial charge in [-0.05, 0) is 81.1 Å². The quantitative estimate of drug-likeness (QED) is 0.237. The number of cyclic esters (lactones) is 1. The number of esters is 1.